The van der Waals surface area contributed by atoms with Crippen molar-refractivity contribution < 1.29 is 4.74 Å². The maximum Gasteiger partial charge on any atom is 0.119 e. The van der Waals surface area contributed by atoms with Gasteiger partial charge in [0.1, 0.15) is 5.75 Å². The van der Waals surface area contributed by atoms with Crippen molar-refractivity contribution in [2.45, 2.75) is 58.9 Å². The summed E-state index contributed by atoms with van der Waals surface area (Å²) in [5, 5.41) is 3.75. The van der Waals surface area contributed by atoms with Crippen LogP contribution in [0.4, 0.5) is 5.69 Å². The highest BCUT2D eigenvalue weighted by molar-refractivity contribution is 5.54. The maximum absolute atomic E-state index is 5.27. The number of methoxy groups -OCH3 is 1. The van der Waals surface area contributed by atoms with Crippen LogP contribution < -0.4 is 10.1 Å². The van der Waals surface area contributed by atoms with Gasteiger partial charge in [0.15, 0.2) is 0 Å². The smallest absolute Gasteiger partial charge is 0.119 e. The number of hydrogen-bond donors (Lipinski definition) is 1. The number of nitrogens with one attached hydrogen (secondary N) is 1. The van der Waals surface area contributed by atoms with Crippen molar-refractivity contribution in [3.05, 3.63) is 23.8 Å². The zero-order valence-electron chi connectivity index (χ0n) is 13.4. The minimum Gasteiger partial charge on any atom is -0.497 e. The minimum absolute atomic E-state index is 0.639. The second-order valence-electron chi connectivity index (χ2n) is 6.68. The standard InChI is InChI=1S/C18H29NO/c1-13(2)10-15-6-5-7-16(12-15)19-18-9-8-17(20-4)11-14(18)3/h8-9,11,13,15-16,19H,5-7,10,12H2,1-4H3. The molecular weight excluding hydrogens is 246 g/mol. The van der Waals surface area contributed by atoms with Gasteiger partial charge < -0.3 is 10.1 Å². The molecule has 0 heterocycles. The van der Waals surface area contributed by atoms with Crippen molar-refractivity contribution in [1.82, 2.24) is 0 Å². The van der Waals surface area contributed by atoms with E-state index < -0.39 is 0 Å². The van der Waals surface area contributed by atoms with Gasteiger partial charge in [-0.1, -0.05) is 26.7 Å². The number of ether oxygens (including phenoxy) is 1. The van der Waals surface area contributed by atoms with Crippen LogP contribution in [0.25, 0.3) is 0 Å². The first-order chi connectivity index (χ1) is 9.58. The van der Waals surface area contributed by atoms with Crippen LogP contribution in [0.3, 0.4) is 0 Å². The summed E-state index contributed by atoms with van der Waals surface area (Å²) in [4.78, 5) is 0. The van der Waals surface area contributed by atoms with Crippen LogP contribution in [0.15, 0.2) is 18.2 Å². The van der Waals surface area contributed by atoms with Crippen molar-refractivity contribution in [2.75, 3.05) is 12.4 Å². The molecule has 2 heteroatoms. The Morgan fingerprint density at radius 3 is 2.75 bits per heavy atom. The predicted octanol–water partition coefficient (Wildman–Crippen LogP) is 5.02. The maximum atomic E-state index is 5.27. The Labute approximate surface area is 123 Å². The molecule has 0 amide bonds. The molecule has 1 aromatic carbocycles. The van der Waals surface area contributed by atoms with Gasteiger partial charge in [-0.05, 0) is 61.8 Å². The molecule has 1 saturated carbocycles. The lowest BCUT2D eigenvalue weighted by atomic mass is 9.81. The third kappa shape index (κ3) is 4.16. The summed E-state index contributed by atoms with van der Waals surface area (Å²) in [6.45, 7) is 6.83. The molecule has 1 fully saturated rings. The zero-order valence-corrected chi connectivity index (χ0v) is 13.4. The van der Waals surface area contributed by atoms with Crippen LogP contribution in [0.2, 0.25) is 0 Å². The van der Waals surface area contributed by atoms with E-state index in [0.29, 0.717) is 6.04 Å². The fourth-order valence-corrected chi connectivity index (χ4v) is 3.45. The van der Waals surface area contributed by atoms with Crippen LogP contribution in [0.5, 0.6) is 5.75 Å². The second kappa shape index (κ2) is 7.01. The Balaban J connectivity index is 1.95. The number of aryl methyl sites for hydroxylation is 1. The minimum atomic E-state index is 0.639. The summed E-state index contributed by atoms with van der Waals surface area (Å²) in [7, 11) is 1.72. The molecule has 0 saturated heterocycles. The number of benzene rings is 1. The molecule has 112 valence electrons. The van der Waals surface area contributed by atoms with Crippen molar-refractivity contribution >= 4 is 5.69 Å². The van der Waals surface area contributed by atoms with E-state index in [9.17, 15) is 0 Å². The quantitative estimate of drug-likeness (QED) is 0.814. The van der Waals surface area contributed by atoms with E-state index in [2.05, 4.69) is 38.2 Å². The highest BCUT2D eigenvalue weighted by Crippen LogP contribution is 2.32. The van der Waals surface area contributed by atoms with Crippen LogP contribution in [0.1, 0.15) is 51.5 Å². The molecule has 2 unspecified atom stereocenters. The van der Waals surface area contributed by atoms with Gasteiger partial charge in [-0.25, -0.2) is 0 Å². The predicted molar refractivity (Wildman–Crippen MR) is 86.6 cm³/mol. The summed E-state index contributed by atoms with van der Waals surface area (Å²) in [5.41, 5.74) is 2.54. The second-order valence-corrected chi connectivity index (χ2v) is 6.68. The van der Waals surface area contributed by atoms with E-state index in [1.807, 2.05) is 6.07 Å². The highest BCUT2D eigenvalue weighted by Gasteiger charge is 2.22. The summed E-state index contributed by atoms with van der Waals surface area (Å²) < 4.78 is 5.27. The molecular formula is C18H29NO. The van der Waals surface area contributed by atoms with Crippen LogP contribution in [-0.4, -0.2) is 13.2 Å². The molecule has 1 N–H and O–H groups in total. The summed E-state index contributed by atoms with van der Waals surface area (Å²) >= 11 is 0. The Kier molecular flexibility index (Phi) is 5.33. The van der Waals surface area contributed by atoms with Gasteiger partial charge in [0, 0.05) is 11.7 Å². The lowest BCUT2D eigenvalue weighted by Gasteiger charge is -2.31. The van der Waals surface area contributed by atoms with Gasteiger partial charge in [-0.15, -0.1) is 0 Å². The van der Waals surface area contributed by atoms with Crippen molar-refractivity contribution in [3.63, 3.8) is 0 Å². The van der Waals surface area contributed by atoms with E-state index in [0.717, 1.165) is 17.6 Å². The lowest BCUT2D eigenvalue weighted by molar-refractivity contribution is 0.289. The molecule has 0 radical (unpaired) electrons. The molecule has 0 bridgehead atoms. The van der Waals surface area contributed by atoms with Crippen LogP contribution in [-0.2, 0) is 0 Å². The summed E-state index contributed by atoms with van der Waals surface area (Å²) in [6.07, 6.45) is 6.78. The molecule has 1 aromatic rings. The van der Waals surface area contributed by atoms with Gasteiger partial charge >= 0.3 is 0 Å². The molecule has 2 rings (SSSR count). The molecule has 20 heavy (non-hydrogen) atoms. The van der Waals surface area contributed by atoms with Crippen LogP contribution in [0, 0.1) is 18.8 Å². The first kappa shape index (κ1) is 15.2. The zero-order chi connectivity index (χ0) is 14.5. The first-order valence-corrected chi connectivity index (χ1v) is 7.99. The Hall–Kier alpha value is -1.18. The fraction of sp³-hybridized carbons (Fsp3) is 0.667. The number of anilines is 1. The Morgan fingerprint density at radius 2 is 2.10 bits per heavy atom. The largest absolute Gasteiger partial charge is 0.497 e. The average molecular weight is 275 g/mol. The van der Waals surface area contributed by atoms with Gasteiger partial charge in [0.25, 0.3) is 0 Å². The number of hydrogen-bond acceptors (Lipinski definition) is 2. The topological polar surface area (TPSA) is 21.3 Å². The summed E-state index contributed by atoms with van der Waals surface area (Å²) in [5.74, 6) is 2.66. The number of rotatable bonds is 5. The third-order valence-corrected chi connectivity index (χ3v) is 4.38. The van der Waals surface area contributed by atoms with E-state index >= 15 is 0 Å². The molecule has 2 nitrogen and oxygen atoms in total. The van der Waals surface area contributed by atoms with E-state index in [4.69, 9.17) is 4.74 Å². The molecule has 1 aliphatic carbocycles. The monoisotopic (exact) mass is 275 g/mol. The van der Waals surface area contributed by atoms with Gasteiger partial charge in [0.2, 0.25) is 0 Å². The average Bonchev–Trinajstić information content (AvgIpc) is 2.41. The normalized spacial score (nSPS) is 22.9. The molecule has 2 atom stereocenters. The fourth-order valence-electron chi connectivity index (χ4n) is 3.45. The van der Waals surface area contributed by atoms with E-state index in [1.54, 1.807) is 7.11 Å². The lowest BCUT2D eigenvalue weighted by Crippen LogP contribution is -2.28. The molecule has 1 aliphatic rings. The Morgan fingerprint density at radius 1 is 1.30 bits per heavy atom. The molecule has 0 aliphatic heterocycles. The van der Waals surface area contributed by atoms with Gasteiger partial charge in [-0.3, -0.25) is 0 Å². The van der Waals surface area contributed by atoms with Gasteiger partial charge in [0.05, 0.1) is 7.11 Å². The van der Waals surface area contributed by atoms with Crippen molar-refractivity contribution in [1.29, 1.82) is 0 Å². The summed E-state index contributed by atoms with van der Waals surface area (Å²) in [6, 6.07) is 6.94. The molecule has 0 spiro atoms. The van der Waals surface area contributed by atoms with E-state index in [-0.39, 0.29) is 0 Å². The SMILES string of the molecule is COc1ccc(NC2CCCC(CC(C)C)C2)c(C)c1. The molecule has 0 aromatic heterocycles. The van der Waals surface area contributed by atoms with E-state index in [1.165, 1.54) is 43.4 Å². The van der Waals surface area contributed by atoms with Gasteiger partial charge in [-0.2, -0.15) is 0 Å². The van der Waals surface area contributed by atoms with Crippen molar-refractivity contribution in [2.24, 2.45) is 11.8 Å². The van der Waals surface area contributed by atoms with Crippen LogP contribution >= 0.6 is 0 Å². The van der Waals surface area contributed by atoms with Crippen molar-refractivity contribution in [3.8, 4) is 5.75 Å². The highest BCUT2D eigenvalue weighted by atomic mass is 16.5. The first-order valence-electron chi connectivity index (χ1n) is 7.99. The Bertz CT molecular complexity index is 427. The third-order valence-electron chi connectivity index (χ3n) is 4.38.